The SMILES string of the molecule is CCN=Cc1ccc(-n2cc(CN3CCN(C)CC3)nn2)cc1. The van der Waals surface area contributed by atoms with Crippen LogP contribution in [-0.2, 0) is 6.54 Å². The summed E-state index contributed by atoms with van der Waals surface area (Å²) in [7, 11) is 2.17. The minimum absolute atomic E-state index is 0.806. The van der Waals surface area contributed by atoms with Crippen molar-refractivity contribution in [2.24, 2.45) is 4.99 Å². The van der Waals surface area contributed by atoms with Gasteiger partial charge in [-0.15, -0.1) is 5.10 Å². The molecule has 2 heterocycles. The number of benzene rings is 1. The van der Waals surface area contributed by atoms with Gasteiger partial charge in [-0.1, -0.05) is 17.3 Å². The predicted octanol–water partition coefficient (Wildman–Crippen LogP) is 1.45. The zero-order valence-corrected chi connectivity index (χ0v) is 13.9. The fourth-order valence-corrected chi connectivity index (χ4v) is 2.64. The van der Waals surface area contributed by atoms with Gasteiger partial charge in [0.15, 0.2) is 0 Å². The molecular formula is C17H24N6. The molecule has 23 heavy (non-hydrogen) atoms. The highest BCUT2D eigenvalue weighted by Gasteiger charge is 2.15. The van der Waals surface area contributed by atoms with Gasteiger partial charge in [0.2, 0.25) is 0 Å². The van der Waals surface area contributed by atoms with Crippen molar-refractivity contribution in [3.05, 3.63) is 41.7 Å². The molecule has 1 aliphatic rings. The zero-order chi connectivity index (χ0) is 16.1. The van der Waals surface area contributed by atoms with E-state index in [4.69, 9.17) is 0 Å². The molecule has 1 aromatic heterocycles. The molecule has 6 heteroatoms. The van der Waals surface area contributed by atoms with Crippen LogP contribution >= 0.6 is 0 Å². The van der Waals surface area contributed by atoms with Gasteiger partial charge in [0, 0.05) is 45.5 Å². The summed E-state index contributed by atoms with van der Waals surface area (Å²) in [5, 5.41) is 8.56. The van der Waals surface area contributed by atoms with Gasteiger partial charge in [0.1, 0.15) is 0 Å². The van der Waals surface area contributed by atoms with Gasteiger partial charge in [0.25, 0.3) is 0 Å². The Hall–Kier alpha value is -2.05. The van der Waals surface area contributed by atoms with Gasteiger partial charge in [-0.25, -0.2) is 4.68 Å². The largest absolute Gasteiger partial charge is 0.304 e. The van der Waals surface area contributed by atoms with Crippen LogP contribution in [-0.4, -0.2) is 70.8 Å². The van der Waals surface area contributed by atoms with Crippen LogP contribution in [0.2, 0.25) is 0 Å². The van der Waals surface area contributed by atoms with Crippen LogP contribution in [0.1, 0.15) is 18.2 Å². The maximum atomic E-state index is 4.31. The Morgan fingerprint density at radius 1 is 1.13 bits per heavy atom. The number of likely N-dealkylation sites (N-methyl/N-ethyl adjacent to an activating group) is 1. The van der Waals surface area contributed by atoms with Crippen LogP contribution < -0.4 is 0 Å². The number of aliphatic imine (C=N–C) groups is 1. The number of rotatable bonds is 5. The summed E-state index contributed by atoms with van der Waals surface area (Å²) in [6.07, 6.45) is 3.91. The first-order chi connectivity index (χ1) is 11.2. The highest BCUT2D eigenvalue weighted by molar-refractivity contribution is 5.79. The van der Waals surface area contributed by atoms with Gasteiger partial charge in [0.05, 0.1) is 17.6 Å². The molecule has 1 aromatic carbocycles. The molecule has 3 rings (SSSR count). The Bertz CT molecular complexity index is 637. The molecule has 0 bridgehead atoms. The number of aromatic nitrogens is 3. The average molecular weight is 312 g/mol. The molecule has 0 aliphatic carbocycles. The Morgan fingerprint density at radius 3 is 2.57 bits per heavy atom. The van der Waals surface area contributed by atoms with Crippen LogP contribution in [0.25, 0.3) is 5.69 Å². The maximum Gasteiger partial charge on any atom is 0.0971 e. The lowest BCUT2D eigenvalue weighted by molar-refractivity contribution is 0.147. The van der Waals surface area contributed by atoms with Gasteiger partial charge < -0.3 is 4.90 Å². The molecule has 0 unspecified atom stereocenters. The first kappa shape index (κ1) is 15.8. The van der Waals surface area contributed by atoms with Crippen LogP contribution in [0.4, 0.5) is 0 Å². The monoisotopic (exact) mass is 312 g/mol. The lowest BCUT2D eigenvalue weighted by Gasteiger charge is -2.31. The number of piperazine rings is 1. The molecule has 1 aliphatic heterocycles. The van der Waals surface area contributed by atoms with Crippen molar-refractivity contribution >= 4 is 6.21 Å². The third-order valence-corrected chi connectivity index (χ3v) is 4.10. The summed E-state index contributed by atoms with van der Waals surface area (Å²) in [5.74, 6) is 0. The molecule has 0 atom stereocenters. The van der Waals surface area contributed by atoms with Crippen molar-refractivity contribution in [2.45, 2.75) is 13.5 Å². The molecule has 0 radical (unpaired) electrons. The van der Waals surface area contributed by atoms with Crippen molar-refractivity contribution in [1.29, 1.82) is 0 Å². The minimum Gasteiger partial charge on any atom is -0.304 e. The summed E-state index contributed by atoms with van der Waals surface area (Å²) >= 11 is 0. The second-order valence-corrected chi connectivity index (χ2v) is 5.95. The first-order valence-electron chi connectivity index (χ1n) is 8.17. The highest BCUT2D eigenvalue weighted by Crippen LogP contribution is 2.10. The van der Waals surface area contributed by atoms with Crippen LogP contribution in [0.3, 0.4) is 0 Å². The molecule has 0 amide bonds. The fraction of sp³-hybridized carbons (Fsp3) is 0.471. The third-order valence-electron chi connectivity index (χ3n) is 4.10. The Labute approximate surface area is 137 Å². The van der Waals surface area contributed by atoms with Crippen molar-refractivity contribution in [3.8, 4) is 5.69 Å². The fourth-order valence-electron chi connectivity index (χ4n) is 2.64. The van der Waals surface area contributed by atoms with E-state index in [0.717, 1.165) is 56.2 Å². The van der Waals surface area contributed by atoms with Crippen molar-refractivity contribution < 1.29 is 0 Å². The average Bonchev–Trinajstić information content (AvgIpc) is 3.04. The van der Waals surface area contributed by atoms with E-state index in [1.807, 2.05) is 36.1 Å². The van der Waals surface area contributed by atoms with E-state index in [0.29, 0.717) is 0 Å². The summed E-state index contributed by atoms with van der Waals surface area (Å²) in [6.45, 7) is 8.13. The van der Waals surface area contributed by atoms with E-state index in [2.05, 4.69) is 44.3 Å². The number of hydrogen-bond acceptors (Lipinski definition) is 5. The van der Waals surface area contributed by atoms with Crippen LogP contribution in [0.5, 0.6) is 0 Å². The van der Waals surface area contributed by atoms with Gasteiger partial charge in [-0.05, 0) is 31.7 Å². The summed E-state index contributed by atoms with van der Waals surface area (Å²) in [5.41, 5.74) is 3.15. The standard InChI is InChI=1S/C17H24N6/c1-3-18-12-15-4-6-17(7-5-15)23-14-16(19-20-23)13-22-10-8-21(2)9-11-22/h4-7,12,14H,3,8-11,13H2,1-2H3. The van der Waals surface area contributed by atoms with Crippen molar-refractivity contribution in [3.63, 3.8) is 0 Å². The lowest BCUT2D eigenvalue weighted by Crippen LogP contribution is -2.43. The zero-order valence-electron chi connectivity index (χ0n) is 13.9. The molecule has 2 aromatic rings. The third kappa shape index (κ3) is 4.24. The topological polar surface area (TPSA) is 49.6 Å². The van der Waals surface area contributed by atoms with Gasteiger partial charge in [-0.3, -0.25) is 9.89 Å². The van der Waals surface area contributed by atoms with E-state index in [9.17, 15) is 0 Å². The summed E-state index contributed by atoms with van der Waals surface area (Å²) < 4.78 is 1.84. The Kier molecular flexibility index (Phi) is 5.15. The highest BCUT2D eigenvalue weighted by atomic mass is 15.4. The van der Waals surface area contributed by atoms with E-state index in [1.54, 1.807) is 0 Å². The molecule has 1 saturated heterocycles. The van der Waals surface area contributed by atoms with Crippen LogP contribution in [0, 0.1) is 0 Å². The maximum absolute atomic E-state index is 4.31. The smallest absolute Gasteiger partial charge is 0.0971 e. The first-order valence-corrected chi connectivity index (χ1v) is 8.17. The molecule has 1 fully saturated rings. The lowest BCUT2D eigenvalue weighted by atomic mass is 10.2. The van der Waals surface area contributed by atoms with Crippen molar-refractivity contribution in [2.75, 3.05) is 39.8 Å². The number of hydrogen-bond donors (Lipinski definition) is 0. The predicted molar refractivity (Wildman–Crippen MR) is 92.3 cm³/mol. The Morgan fingerprint density at radius 2 is 1.87 bits per heavy atom. The molecule has 0 spiro atoms. The van der Waals surface area contributed by atoms with E-state index in [-0.39, 0.29) is 0 Å². The van der Waals surface area contributed by atoms with Gasteiger partial charge >= 0.3 is 0 Å². The number of nitrogens with zero attached hydrogens (tertiary/aromatic N) is 6. The second kappa shape index (κ2) is 7.48. The minimum atomic E-state index is 0.806. The quantitative estimate of drug-likeness (QED) is 0.784. The van der Waals surface area contributed by atoms with E-state index < -0.39 is 0 Å². The van der Waals surface area contributed by atoms with Crippen molar-refractivity contribution in [1.82, 2.24) is 24.8 Å². The van der Waals surface area contributed by atoms with Crippen LogP contribution in [0.15, 0.2) is 35.5 Å². The summed E-state index contributed by atoms with van der Waals surface area (Å²) in [6, 6.07) is 8.20. The normalized spacial score (nSPS) is 17.1. The van der Waals surface area contributed by atoms with E-state index >= 15 is 0 Å². The Balaban J connectivity index is 1.63. The second-order valence-electron chi connectivity index (χ2n) is 5.95. The van der Waals surface area contributed by atoms with Gasteiger partial charge in [-0.2, -0.15) is 0 Å². The molecule has 122 valence electrons. The molecule has 0 saturated carbocycles. The molecule has 6 nitrogen and oxygen atoms in total. The van der Waals surface area contributed by atoms with E-state index in [1.165, 1.54) is 0 Å². The molecule has 0 N–H and O–H groups in total. The molecular weight excluding hydrogens is 288 g/mol. The summed E-state index contributed by atoms with van der Waals surface area (Å²) in [4.78, 5) is 9.04.